The number of aryl methyl sites for hydroxylation is 1. The molecule has 1 aromatic rings. The molecule has 2 unspecified atom stereocenters. The van der Waals surface area contributed by atoms with E-state index in [9.17, 15) is 0 Å². The fraction of sp³-hybridized carbons (Fsp3) is 0.714. The molecule has 4 heteroatoms. The Balaban J connectivity index is 2.16. The predicted octanol–water partition coefficient (Wildman–Crippen LogP) is 3.14. The number of thioether (sulfide) groups is 1. The lowest BCUT2D eigenvalue weighted by atomic mass is 9.99. The smallest absolute Gasteiger partial charge is 0.0497 e. The van der Waals surface area contributed by atoms with E-state index >= 15 is 0 Å². The van der Waals surface area contributed by atoms with E-state index in [4.69, 9.17) is 0 Å². The maximum atomic E-state index is 3.76. The van der Waals surface area contributed by atoms with Gasteiger partial charge in [-0.1, -0.05) is 6.92 Å². The van der Waals surface area contributed by atoms with Crippen LogP contribution in [0.3, 0.4) is 0 Å². The van der Waals surface area contributed by atoms with Crippen LogP contribution in [-0.2, 0) is 0 Å². The standard InChI is InChI=1S/C14H24N2S2/c1-4-6-15-14(12-5-8-18-11(12)2)13-10-17-9-7-16(13)3/h5,8,13-15H,4,6-7,9-10H2,1-3H3. The fourth-order valence-corrected chi connectivity index (χ4v) is 4.55. The molecule has 1 aliphatic heterocycles. The molecule has 0 radical (unpaired) electrons. The Morgan fingerprint density at radius 1 is 1.56 bits per heavy atom. The van der Waals surface area contributed by atoms with Gasteiger partial charge in [0.2, 0.25) is 0 Å². The summed E-state index contributed by atoms with van der Waals surface area (Å²) >= 11 is 3.96. The molecule has 1 saturated heterocycles. The van der Waals surface area contributed by atoms with Crippen molar-refractivity contribution in [1.29, 1.82) is 0 Å². The molecule has 2 heterocycles. The van der Waals surface area contributed by atoms with Gasteiger partial charge in [0.05, 0.1) is 0 Å². The number of rotatable bonds is 5. The molecule has 1 aromatic heterocycles. The van der Waals surface area contributed by atoms with Crippen LogP contribution in [0.2, 0.25) is 0 Å². The SMILES string of the molecule is CCCNC(c1ccsc1C)C1CSCCN1C. The van der Waals surface area contributed by atoms with Crippen LogP contribution in [0.15, 0.2) is 11.4 Å². The summed E-state index contributed by atoms with van der Waals surface area (Å²) in [6.07, 6.45) is 1.20. The number of nitrogens with zero attached hydrogens (tertiary/aromatic N) is 1. The molecule has 1 N–H and O–H groups in total. The van der Waals surface area contributed by atoms with Gasteiger partial charge >= 0.3 is 0 Å². The summed E-state index contributed by atoms with van der Waals surface area (Å²) in [7, 11) is 2.27. The first-order valence-electron chi connectivity index (χ1n) is 6.79. The number of likely N-dealkylation sites (N-methyl/N-ethyl adjacent to an activating group) is 1. The zero-order valence-electron chi connectivity index (χ0n) is 11.6. The second-order valence-electron chi connectivity index (χ2n) is 4.99. The quantitative estimate of drug-likeness (QED) is 0.894. The lowest BCUT2D eigenvalue weighted by Crippen LogP contribution is -2.48. The Hall–Kier alpha value is -0.0300. The third-order valence-electron chi connectivity index (χ3n) is 3.68. The van der Waals surface area contributed by atoms with Crippen molar-refractivity contribution in [2.45, 2.75) is 32.4 Å². The van der Waals surface area contributed by atoms with Gasteiger partial charge in [-0.05, 0) is 43.9 Å². The van der Waals surface area contributed by atoms with Crippen molar-refractivity contribution in [2.75, 3.05) is 31.6 Å². The average Bonchev–Trinajstić information content (AvgIpc) is 2.78. The minimum atomic E-state index is 0.494. The van der Waals surface area contributed by atoms with Gasteiger partial charge in [-0.25, -0.2) is 0 Å². The molecule has 0 aliphatic carbocycles. The second-order valence-corrected chi connectivity index (χ2v) is 7.26. The van der Waals surface area contributed by atoms with Gasteiger partial charge in [-0.2, -0.15) is 11.8 Å². The number of hydrogen-bond donors (Lipinski definition) is 1. The molecule has 0 amide bonds. The van der Waals surface area contributed by atoms with Gasteiger partial charge in [-0.3, -0.25) is 4.90 Å². The average molecular weight is 284 g/mol. The molecule has 1 fully saturated rings. The second kappa shape index (κ2) is 6.94. The van der Waals surface area contributed by atoms with Crippen LogP contribution in [0.5, 0.6) is 0 Å². The highest BCUT2D eigenvalue weighted by Gasteiger charge is 2.29. The maximum absolute atomic E-state index is 3.76. The highest BCUT2D eigenvalue weighted by atomic mass is 32.2. The first kappa shape index (κ1) is 14.4. The highest BCUT2D eigenvalue weighted by Crippen LogP contribution is 2.30. The Bertz CT molecular complexity index is 364. The Kier molecular flexibility index (Phi) is 5.55. The predicted molar refractivity (Wildman–Crippen MR) is 83.8 cm³/mol. The van der Waals surface area contributed by atoms with Crippen molar-refractivity contribution in [3.63, 3.8) is 0 Å². The monoisotopic (exact) mass is 284 g/mol. The fourth-order valence-electron chi connectivity index (χ4n) is 2.53. The minimum Gasteiger partial charge on any atom is -0.309 e. The van der Waals surface area contributed by atoms with E-state index in [0.717, 1.165) is 6.54 Å². The first-order valence-corrected chi connectivity index (χ1v) is 8.82. The molecule has 0 spiro atoms. The van der Waals surface area contributed by atoms with Crippen LogP contribution < -0.4 is 5.32 Å². The summed E-state index contributed by atoms with van der Waals surface area (Å²) in [4.78, 5) is 3.99. The molecule has 2 nitrogen and oxygen atoms in total. The van der Waals surface area contributed by atoms with Crippen molar-refractivity contribution in [2.24, 2.45) is 0 Å². The lowest BCUT2D eigenvalue weighted by molar-refractivity contribution is 0.215. The summed E-state index contributed by atoms with van der Waals surface area (Å²) in [5, 5.41) is 5.99. The van der Waals surface area contributed by atoms with Crippen LogP contribution in [0.25, 0.3) is 0 Å². The van der Waals surface area contributed by atoms with Crippen molar-refractivity contribution in [1.82, 2.24) is 10.2 Å². The number of hydrogen-bond acceptors (Lipinski definition) is 4. The van der Waals surface area contributed by atoms with E-state index in [-0.39, 0.29) is 0 Å². The van der Waals surface area contributed by atoms with Gasteiger partial charge in [0, 0.05) is 35.0 Å². The van der Waals surface area contributed by atoms with Crippen LogP contribution >= 0.6 is 23.1 Å². The molecular weight excluding hydrogens is 260 g/mol. The van der Waals surface area contributed by atoms with Crippen LogP contribution in [0, 0.1) is 6.92 Å². The van der Waals surface area contributed by atoms with E-state index < -0.39 is 0 Å². The maximum Gasteiger partial charge on any atom is 0.0497 e. The summed E-state index contributed by atoms with van der Waals surface area (Å²) in [6, 6.07) is 3.43. The molecule has 102 valence electrons. The molecule has 0 bridgehead atoms. The zero-order valence-corrected chi connectivity index (χ0v) is 13.2. The highest BCUT2D eigenvalue weighted by molar-refractivity contribution is 7.99. The Morgan fingerprint density at radius 2 is 2.39 bits per heavy atom. The molecular formula is C14H24N2S2. The number of thiophene rings is 1. The van der Waals surface area contributed by atoms with Crippen molar-refractivity contribution >= 4 is 23.1 Å². The van der Waals surface area contributed by atoms with E-state index in [1.807, 2.05) is 11.3 Å². The number of nitrogens with one attached hydrogen (secondary N) is 1. The van der Waals surface area contributed by atoms with Gasteiger partial charge in [0.25, 0.3) is 0 Å². The topological polar surface area (TPSA) is 15.3 Å². The van der Waals surface area contributed by atoms with Gasteiger partial charge < -0.3 is 5.32 Å². The minimum absolute atomic E-state index is 0.494. The zero-order chi connectivity index (χ0) is 13.0. The van der Waals surface area contributed by atoms with Crippen LogP contribution in [0.1, 0.15) is 29.8 Å². The van der Waals surface area contributed by atoms with E-state index in [0.29, 0.717) is 12.1 Å². The Labute approximate surface area is 119 Å². The van der Waals surface area contributed by atoms with Crippen LogP contribution in [-0.4, -0.2) is 42.6 Å². The normalized spacial score (nSPS) is 23.2. The third kappa shape index (κ3) is 3.29. The van der Waals surface area contributed by atoms with E-state index in [1.165, 1.54) is 34.9 Å². The molecule has 1 aliphatic rings. The summed E-state index contributed by atoms with van der Waals surface area (Å²) in [6.45, 7) is 6.80. The van der Waals surface area contributed by atoms with Crippen LogP contribution in [0.4, 0.5) is 0 Å². The molecule has 0 saturated carbocycles. The van der Waals surface area contributed by atoms with E-state index in [2.05, 4.69) is 54.3 Å². The summed E-state index contributed by atoms with van der Waals surface area (Å²) in [5.41, 5.74) is 1.51. The first-order chi connectivity index (χ1) is 8.74. The van der Waals surface area contributed by atoms with E-state index in [1.54, 1.807) is 0 Å². The van der Waals surface area contributed by atoms with Crippen molar-refractivity contribution < 1.29 is 0 Å². The third-order valence-corrected chi connectivity index (χ3v) is 5.59. The molecule has 2 rings (SSSR count). The largest absolute Gasteiger partial charge is 0.309 e. The Morgan fingerprint density at radius 3 is 3.00 bits per heavy atom. The molecule has 0 aromatic carbocycles. The van der Waals surface area contributed by atoms with Crippen molar-refractivity contribution in [3.8, 4) is 0 Å². The lowest BCUT2D eigenvalue weighted by Gasteiger charge is -2.38. The molecule has 18 heavy (non-hydrogen) atoms. The van der Waals surface area contributed by atoms with Gasteiger partial charge in [-0.15, -0.1) is 11.3 Å². The van der Waals surface area contributed by atoms with Crippen molar-refractivity contribution in [3.05, 3.63) is 21.9 Å². The summed E-state index contributed by atoms with van der Waals surface area (Å²) < 4.78 is 0. The van der Waals surface area contributed by atoms with Gasteiger partial charge in [0.15, 0.2) is 0 Å². The summed E-state index contributed by atoms with van der Waals surface area (Å²) in [5.74, 6) is 2.52. The molecule has 2 atom stereocenters. The van der Waals surface area contributed by atoms with Gasteiger partial charge in [0.1, 0.15) is 0 Å².